The van der Waals surface area contributed by atoms with Gasteiger partial charge in [-0.1, -0.05) is 25.2 Å². The van der Waals surface area contributed by atoms with Crippen molar-refractivity contribution in [3.8, 4) is 12.3 Å². The molecule has 0 aromatic carbocycles. The number of hydrogen-bond donors (Lipinski definition) is 1. The summed E-state index contributed by atoms with van der Waals surface area (Å²) in [6.07, 6.45) is 11.1. The maximum absolute atomic E-state index is 11.6. The Kier molecular flexibility index (Phi) is 5.20. The highest BCUT2D eigenvalue weighted by Crippen LogP contribution is 2.26. The smallest absolute Gasteiger partial charge is 0.323 e. The summed E-state index contributed by atoms with van der Waals surface area (Å²) in [5, 5.41) is 3.08. The molecule has 1 fully saturated rings. The number of rotatable bonds is 4. The summed E-state index contributed by atoms with van der Waals surface area (Å²) in [5.74, 6) is 2.70. The van der Waals surface area contributed by atoms with Gasteiger partial charge in [0.05, 0.1) is 13.7 Å². The van der Waals surface area contributed by atoms with Crippen molar-refractivity contribution in [3.63, 3.8) is 0 Å². The van der Waals surface area contributed by atoms with Gasteiger partial charge in [-0.25, -0.2) is 0 Å². The third kappa shape index (κ3) is 3.56. The predicted octanol–water partition coefficient (Wildman–Crippen LogP) is 1.33. The highest BCUT2D eigenvalue weighted by molar-refractivity contribution is 5.76. The van der Waals surface area contributed by atoms with Gasteiger partial charge < -0.3 is 4.74 Å². The fourth-order valence-electron chi connectivity index (χ4n) is 2.21. The van der Waals surface area contributed by atoms with E-state index in [-0.39, 0.29) is 12.0 Å². The average Bonchev–Trinajstić information content (AvgIpc) is 2.30. The molecular formula is C12H19NO2. The maximum Gasteiger partial charge on any atom is 0.323 e. The van der Waals surface area contributed by atoms with Crippen molar-refractivity contribution in [2.24, 2.45) is 5.92 Å². The molecule has 0 radical (unpaired) electrons. The Morgan fingerprint density at radius 1 is 1.53 bits per heavy atom. The van der Waals surface area contributed by atoms with E-state index >= 15 is 0 Å². The van der Waals surface area contributed by atoms with Gasteiger partial charge in [-0.05, 0) is 18.8 Å². The molecule has 1 aliphatic rings. The Labute approximate surface area is 91.6 Å². The van der Waals surface area contributed by atoms with E-state index < -0.39 is 0 Å². The van der Waals surface area contributed by atoms with Crippen molar-refractivity contribution in [2.45, 2.75) is 38.1 Å². The molecule has 3 heteroatoms. The zero-order valence-corrected chi connectivity index (χ0v) is 9.29. The average molecular weight is 209 g/mol. The third-order valence-corrected chi connectivity index (χ3v) is 3.00. The van der Waals surface area contributed by atoms with Crippen LogP contribution in [0.3, 0.4) is 0 Å². The summed E-state index contributed by atoms with van der Waals surface area (Å²) < 4.78 is 4.79. The number of nitrogens with one attached hydrogen (secondary N) is 1. The normalized spacial score (nSPS) is 19.2. The summed E-state index contributed by atoms with van der Waals surface area (Å²) in [6.45, 7) is 0.427. The van der Waals surface area contributed by atoms with E-state index in [1.54, 1.807) is 0 Å². The third-order valence-electron chi connectivity index (χ3n) is 3.00. The Morgan fingerprint density at radius 3 is 2.73 bits per heavy atom. The summed E-state index contributed by atoms with van der Waals surface area (Å²) in [6, 6.07) is -0.216. The van der Waals surface area contributed by atoms with Crippen molar-refractivity contribution < 1.29 is 9.53 Å². The SMILES string of the molecule is C#CCNC(C(=O)OC)C1CCCCC1. The Hall–Kier alpha value is -1.01. The minimum absolute atomic E-state index is 0.183. The van der Waals surface area contributed by atoms with Crippen LogP contribution in [0.5, 0.6) is 0 Å². The minimum atomic E-state index is -0.216. The number of ether oxygens (including phenoxy) is 1. The molecule has 0 heterocycles. The number of carbonyl (C=O) groups is 1. The number of hydrogen-bond acceptors (Lipinski definition) is 3. The van der Waals surface area contributed by atoms with Crippen LogP contribution >= 0.6 is 0 Å². The Bertz CT molecular complexity index is 238. The second-order valence-corrected chi connectivity index (χ2v) is 3.98. The molecule has 1 aliphatic carbocycles. The Balaban J connectivity index is 2.53. The van der Waals surface area contributed by atoms with E-state index in [0.717, 1.165) is 12.8 Å². The summed E-state index contributed by atoms with van der Waals surface area (Å²) in [5.41, 5.74) is 0. The molecule has 1 atom stereocenters. The second-order valence-electron chi connectivity index (χ2n) is 3.98. The minimum Gasteiger partial charge on any atom is -0.468 e. The molecular weight excluding hydrogens is 190 g/mol. The van der Waals surface area contributed by atoms with Crippen LogP contribution in [0.4, 0.5) is 0 Å². The quantitative estimate of drug-likeness (QED) is 0.561. The van der Waals surface area contributed by atoms with E-state index in [4.69, 9.17) is 11.2 Å². The summed E-state index contributed by atoms with van der Waals surface area (Å²) in [7, 11) is 1.43. The molecule has 0 aliphatic heterocycles. The first-order valence-electron chi connectivity index (χ1n) is 5.54. The number of esters is 1. The van der Waals surface area contributed by atoms with E-state index in [0.29, 0.717) is 12.5 Å². The van der Waals surface area contributed by atoms with Gasteiger partial charge in [0, 0.05) is 0 Å². The summed E-state index contributed by atoms with van der Waals surface area (Å²) >= 11 is 0. The van der Waals surface area contributed by atoms with Crippen LogP contribution in [-0.2, 0) is 9.53 Å². The van der Waals surface area contributed by atoms with E-state index in [2.05, 4.69) is 11.2 Å². The largest absolute Gasteiger partial charge is 0.468 e. The molecule has 84 valence electrons. The highest BCUT2D eigenvalue weighted by Gasteiger charge is 2.29. The molecule has 1 N–H and O–H groups in total. The lowest BCUT2D eigenvalue weighted by Crippen LogP contribution is -2.44. The number of carbonyl (C=O) groups excluding carboxylic acids is 1. The first kappa shape index (κ1) is 12.1. The molecule has 0 aromatic heterocycles. The monoisotopic (exact) mass is 209 g/mol. The lowest BCUT2D eigenvalue weighted by Gasteiger charge is -2.28. The Morgan fingerprint density at radius 2 is 2.20 bits per heavy atom. The summed E-state index contributed by atoms with van der Waals surface area (Å²) in [4.78, 5) is 11.6. The molecule has 3 nitrogen and oxygen atoms in total. The van der Waals surface area contributed by atoms with E-state index in [1.165, 1.54) is 26.4 Å². The van der Waals surface area contributed by atoms with Crippen LogP contribution in [0.2, 0.25) is 0 Å². The fraction of sp³-hybridized carbons (Fsp3) is 0.750. The van der Waals surface area contributed by atoms with Gasteiger partial charge in [-0.3, -0.25) is 10.1 Å². The number of terminal acetylenes is 1. The lowest BCUT2D eigenvalue weighted by molar-refractivity contribution is -0.144. The van der Waals surface area contributed by atoms with Gasteiger partial charge in [-0.15, -0.1) is 6.42 Å². The fourth-order valence-corrected chi connectivity index (χ4v) is 2.21. The molecule has 0 amide bonds. The van der Waals surface area contributed by atoms with Crippen LogP contribution in [0, 0.1) is 18.3 Å². The van der Waals surface area contributed by atoms with Gasteiger partial charge in [0.2, 0.25) is 0 Å². The van der Waals surface area contributed by atoms with Crippen molar-refractivity contribution in [1.82, 2.24) is 5.32 Å². The number of methoxy groups -OCH3 is 1. The standard InChI is InChI=1S/C12H19NO2/c1-3-9-13-11(12(14)15-2)10-7-5-4-6-8-10/h1,10-11,13H,4-9H2,2H3. The zero-order chi connectivity index (χ0) is 11.1. The van der Waals surface area contributed by atoms with Crippen LogP contribution in [0.25, 0.3) is 0 Å². The zero-order valence-electron chi connectivity index (χ0n) is 9.29. The first-order valence-corrected chi connectivity index (χ1v) is 5.54. The van der Waals surface area contributed by atoms with Crippen LogP contribution in [0.15, 0.2) is 0 Å². The maximum atomic E-state index is 11.6. The van der Waals surface area contributed by atoms with Gasteiger partial charge in [-0.2, -0.15) is 0 Å². The predicted molar refractivity (Wildman–Crippen MR) is 59.2 cm³/mol. The van der Waals surface area contributed by atoms with E-state index in [9.17, 15) is 4.79 Å². The van der Waals surface area contributed by atoms with Gasteiger partial charge in [0.15, 0.2) is 0 Å². The highest BCUT2D eigenvalue weighted by atomic mass is 16.5. The van der Waals surface area contributed by atoms with Crippen molar-refractivity contribution >= 4 is 5.97 Å². The van der Waals surface area contributed by atoms with Crippen LogP contribution in [-0.4, -0.2) is 25.7 Å². The van der Waals surface area contributed by atoms with Crippen molar-refractivity contribution in [1.29, 1.82) is 0 Å². The second kappa shape index (κ2) is 6.47. The molecule has 0 spiro atoms. The van der Waals surface area contributed by atoms with Crippen LogP contribution < -0.4 is 5.32 Å². The first-order chi connectivity index (χ1) is 7.29. The van der Waals surface area contributed by atoms with Gasteiger partial charge >= 0.3 is 5.97 Å². The lowest BCUT2D eigenvalue weighted by atomic mass is 9.84. The molecule has 1 saturated carbocycles. The molecule has 0 saturated heterocycles. The molecule has 1 rings (SSSR count). The van der Waals surface area contributed by atoms with Gasteiger partial charge in [0.1, 0.15) is 6.04 Å². The molecule has 0 bridgehead atoms. The molecule has 0 aromatic rings. The molecule has 1 unspecified atom stereocenters. The van der Waals surface area contributed by atoms with Gasteiger partial charge in [0.25, 0.3) is 0 Å². The van der Waals surface area contributed by atoms with Crippen LogP contribution in [0.1, 0.15) is 32.1 Å². The molecule has 15 heavy (non-hydrogen) atoms. The van der Waals surface area contributed by atoms with E-state index in [1.807, 2.05) is 0 Å². The van der Waals surface area contributed by atoms with Crippen molar-refractivity contribution in [2.75, 3.05) is 13.7 Å². The van der Waals surface area contributed by atoms with Crippen molar-refractivity contribution in [3.05, 3.63) is 0 Å². The topological polar surface area (TPSA) is 38.3 Å².